The third-order valence-electron chi connectivity index (χ3n) is 2.71. The largest absolute Gasteiger partial charge is 0.497 e. The van der Waals surface area contributed by atoms with Gasteiger partial charge in [0.1, 0.15) is 17.6 Å². The SMILES string of the molecule is COc1cc(Br)c(OC(C)CN)c(C(C)(C)C)c1. The molecule has 0 amide bonds. The minimum Gasteiger partial charge on any atom is -0.497 e. The molecule has 0 aliphatic heterocycles. The Morgan fingerprint density at radius 1 is 1.33 bits per heavy atom. The third kappa shape index (κ3) is 3.62. The van der Waals surface area contributed by atoms with E-state index in [4.69, 9.17) is 15.2 Å². The maximum Gasteiger partial charge on any atom is 0.137 e. The Bertz CT molecular complexity index is 413. The molecule has 1 aromatic rings. The lowest BCUT2D eigenvalue weighted by Gasteiger charge is -2.26. The molecule has 0 spiro atoms. The fourth-order valence-corrected chi connectivity index (χ4v) is 2.15. The molecule has 0 saturated heterocycles. The van der Waals surface area contributed by atoms with E-state index in [1.807, 2.05) is 19.1 Å². The smallest absolute Gasteiger partial charge is 0.137 e. The van der Waals surface area contributed by atoms with E-state index >= 15 is 0 Å². The Labute approximate surface area is 118 Å². The molecule has 0 fully saturated rings. The van der Waals surface area contributed by atoms with Crippen molar-refractivity contribution < 1.29 is 9.47 Å². The van der Waals surface area contributed by atoms with Crippen LogP contribution in [0, 0.1) is 0 Å². The summed E-state index contributed by atoms with van der Waals surface area (Å²) in [5.41, 5.74) is 6.70. The van der Waals surface area contributed by atoms with E-state index < -0.39 is 0 Å². The zero-order valence-corrected chi connectivity index (χ0v) is 13.3. The van der Waals surface area contributed by atoms with E-state index in [0.29, 0.717) is 6.54 Å². The van der Waals surface area contributed by atoms with Crippen molar-refractivity contribution in [2.45, 2.75) is 39.2 Å². The molecular formula is C14H22BrNO2. The fourth-order valence-electron chi connectivity index (χ4n) is 1.61. The molecule has 1 unspecified atom stereocenters. The molecule has 1 aromatic carbocycles. The predicted octanol–water partition coefficient (Wildman–Crippen LogP) is 3.48. The van der Waals surface area contributed by atoms with Crippen molar-refractivity contribution in [3.63, 3.8) is 0 Å². The van der Waals surface area contributed by atoms with Gasteiger partial charge in [-0.2, -0.15) is 0 Å². The molecule has 18 heavy (non-hydrogen) atoms. The van der Waals surface area contributed by atoms with Crippen LogP contribution in [-0.4, -0.2) is 19.8 Å². The van der Waals surface area contributed by atoms with Crippen LogP contribution in [0.25, 0.3) is 0 Å². The highest BCUT2D eigenvalue weighted by Gasteiger charge is 2.23. The number of halogens is 1. The summed E-state index contributed by atoms with van der Waals surface area (Å²) < 4.78 is 12.1. The Balaban J connectivity index is 3.29. The van der Waals surface area contributed by atoms with Crippen LogP contribution < -0.4 is 15.2 Å². The number of hydrogen-bond donors (Lipinski definition) is 1. The summed E-state index contributed by atoms with van der Waals surface area (Å²) in [5.74, 6) is 1.67. The van der Waals surface area contributed by atoms with Gasteiger partial charge in [0, 0.05) is 12.1 Å². The van der Waals surface area contributed by atoms with Gasteiger partial charge in [0.25, 0.3) is 0 Å². The van der Waals surface area contributed by atoms with E-state index in [9.17, 15) is 0 Å². The zero-order valence-electron chi connectivity index (χ0n) is 11.7. The molecule has 1 rings (SSSR count). The van der Waals surface area contributed by atoms with Gasteiger partial charge in [-0.3, -0.25) is 0 Å². The van der Waals surface area contributed by atoms with E-state index in [-0.39, 0.29) is 11.5 Å². The highest BCUT2D eigenvalue weighted by atomic mass is 79.9. The number of rotatable bonds is 4. The lowest BCUT2D eigenvalue weighted by Crippen LogP contribution is -2.25. The van der Waals surface area contributed by atoms with Gasteiger partial charge in [0.05, 0.1) is 11.6 Å². The van der Waals surface area contributed by atoms with Gasteiger partial charge in [-0.1, -0.05) is 20.8 Å². The van der Waals surface area contributed by atoms with E-state index in [0.717, 1.165) is 21.5 Å². The maximum atomic E-state index is 5.92. The van der Waals surface area contributed by atoms with Crippen LogP contribution in [0.5, 0.6) is 11.5 Å². The Morgan fingerprint density at radius 2 is 1.94 bits per heavy atom. The minimum atomic E-state index is -0.0271. The summed E-state index contributed by atoms with van der Waals surface area (Å²) in [4.78, 5) is 0. The van der Waals surface area contributed by atoms with Crippen LogP contribution in [0.15, 0.2) is 16.6 Å². The summed E-state index contributed by atoms with van der Waals surface area (Å²) in [6, 6.07) is 3.93. The number of nitrogens with two attached hydrogens (primary N) is 1. The summed E-state index contributed by atoms with van der Waals surface area (Å²) >= 11 is 3.54. The molecule has 0 saturated carbocycles. The lowest BCUT2D eigenvalue weighted by molar-refractivity contribution is 0.222. The molecule has 4 heteroatoms. The Kier molecular flexibility index (Phi) is 5.05. The summed E-state index contributed by atoms with van der Waals surface area (Å²) in [5, 5.41) is 0. The first-order valence-electron chi connectivity index (χ1n) is 6.04. The van der Waals surface area contributed by atoms with Gasteiger partial charge < -0.3 is 15.2 Å². The first kappa shape index (κ1) is 15.3. The average Bonchev–Trinajstić information content (AvgIpc) is 2.29. The Hall–Kier alpha value is -0.740. The van der Waals surface area contributed by atoms with Crippen molar-refractivity contribution in [2.75, 3.05) is 13.7 Å². The van der Waals surface area contributed by atoms with Crippen molar-refractivity contribution in [1.82, 2.24) is 0 Å². The number of hydrogen-bond acceptors (Lipinski definition) is 3. The predicted molar refractivity (Wildman–Crippen MR) is 78.5 cm³/mol. The summed E-state index contributed by atoms with van der Waals surface area (Å²) in [7, 11) is 1.66. The monoisotopic (exact) mass is 315 g/mol. The second kappa shape index (κ2) is 5.93. The normalized spacial score (nSPS) is 13.3. The maximum absolute atomic E-state index is 5.92. The van der Waals surface area contributed by atoms with E-state index in [1.165, 1.54) is 0 Å². The lowest BCUT2D eigenvalue weighted by atomic mass is 9.86. The first-order chi connectivity index (χ1) is 8.29. The molecule has 0 aromatic heterocycles. The first-order valence-corrected chi connectivity index (χ1v) is 6.83. The van der Waals surface area contributed by atoms with Crippen LogP contribution in [0.2, 0.25) is 0 Å². The highest BCUT2D eigenvalue weighted by molar-refractivity contribution is 9.10. The molecule has 0 heterocycles. The summed E-state index contributed by atoms with van der Waals surface area (Å²) in [6.07, 6.45) is -0.0178. The average molecular weight is 316 g/mol. The molecule has 3 nitrogen and oxygen atoms in total. The summed E-state index contributed by atoms with van der Waals surface area (Å²) in [6.45, 7) is 8.89. The minimum absolute atomic E-state index is 0.0178. The highest BCUT2D eigenvalue weighted by Crippen LogP contribution is 2.40. The third-order valence-corrected chi connectivity index (χ3v) is 3.30. The van der Waals surface area contributed by atoms with Crippen LogP contribution in [0.4, 0.5) is 0 Å². The number of methoxy groups -OCH3 is 1. The van der Waals surface area contributed by atoms with Gasteiger partial charge in [0.15, 0.2) is 0 Å². The van der Waals surface area contributed by atoms with Crippen LogP contribution in [0.1, 0.15) is 33.3 Å². The molecule has 1 atom stereocenters. The van der Waals surface area contributed by atoms with Crippen LogP contribution in [-0.2, 0) is 5.41 Å². The van der Waals surface area contributed by atoms with Crippen molar-refractivity contribution in [3.8, 4) is 11.5 Å². The Morgan fingerprint density at radius 3 is 2.39 bits per heavy atom. The van der Waals surface area contributed by atoms with Crippen LogP contribution >= 0.6 is 15.9 Å². The van der Waals surface area contributed by atoms with Gasteiger partial charge in [0.2, 0.25) is 0 Å². The van der Waals surface area contributed by atoms with Crippen LogP contribution in [0.3, 0.4) is 0 Å². The fraction of sp³-hybridized carbons (Fsp3) is 0.571. The molecule has 2 N–H and O–H groups in total. The zero-order chi connectivity index (χ0) is 13.9. The van der Waals surface area contributed by atoms with Gasteiger partial charge in [-0.25, -0.2) is 0 Å². The topological polar surface area (TPSA) is 44.5 Å². The van der Waals surface area contributed by atoms with Crippen molar-refractivity contribution in [1.29, 1.82) is 0 Å². The molecule has 0 radical (unpaired) electrons. The number of benzene rings is 1. The molecule has 102 valence electrons. The van der Waals surface area contributed by atoms with Crippen molar-refractivity contribution in [2.24, 2.45) is 5.73 Å². The molecular weight excluding hydrogens is 294 g/mol. The molecule has 0 bridgehead atoms. The molecule has 0 aliphatic carbocycles. The van der Waals surface area contributed by atoms with Gasteiger partial charge >= 0.3 is 0 Å². The van der Waals surface area contributed by atoms with Crippen molar-refractivity contribution >= 4 is 15.9 Å². The quantitative estimate of drug-likeness (QED) is 0.925. The van der Waals surface area contributed by atoms with Gasteiger partial charge in [-0.05, 0) is 40.4 Å². The second-order valence-electron chi connectivity index (χ2n) is 5.40. The standard InChI is InChI=1S/C14H22BrNO2/c1-9(8-16)18-13-11(14(2,3)4)6-10(17-5)7-12(13)15/h6-7,9H,8,16H2,1-5H3. The second-order valence-corrected chi connectivity index (χ2v) is 6.25. The number of ether oxygens (including phenoxy) is 2. The van der Waals surface area contributed by atoms with Crippen molar-refractivity contribution in [3.05, 3.63) is 22.2 Å². The van der Waals surface area contributed by atoms with E-state index in [1.54, 1.807) is 7.11 Å². The van der Waals surface area contributed by atoms with E-state index in [2.05, 4.69) is 36.7 Å². The van der Waals surface area contributed by atoms with Gasteiger partial charge in [-0.15, -0.1) is 0 Å². The molecule has 0 aliphatic rings.